The Labute approximate surface area is 147 Å². The summed E-state index contributed by atoms with van der Waals surface area (Å²) >= 11 is 5.96. The molecule has 0 spiro atoms. The number of amides is 1. The fraction of sp³-hybridized carbons (Fsp3) is 0.533. The molecule has 24 heavy (non-hydrogen) atoms. The van der Waals surface area contributed by atoms with Gasteiger partial charge in [-0.05, 0) is 39.0 Å². The van der Waals surface area contributed by atoms with Crippen LogP contribution in [0.2, 0.25) is 5.02 Å². The lowest BCUT2D eigenvalue weighted by Gasteiger charge is -2.25. The second-order valence-electron chi connectivity index (χ2n) is 6.08. The van der Waals surface area contributed by atoms with E-state index in [9.17, 15) is 13.2 Å². The largest absolute Gasteiger partial charge is 0.495 e. The van der Waals surface area contributed by atoms with Crippen molar-refractivity contribution in [2.45, 2.75) is 26.4 Å². The molecule has 1 rings (SSSR count). The molecule has 0 saturated carbocycles. The lowest BCUT2D eigenvalue weighted by atomic mass is 10.2. The van der Waals surface area contributed by atoms with Crippen LogP contribution >= 0.6 is 11.6 Å². The molecule has 136 valence electrons. The fourth-order valence-electron chi connectivity index (χ4n) is 1.90. The molecule has 1 aromatic rings. The molecule has 0 aromatic heterocycles. The van der Waals surface area contributed by atoms with Crippen molar-refractivity contribution < 1.29 is 22.7 Å². The fourth-order valence-corrected chi connectivity index (χ4v) is 2.99. The monoisotopic (exact) mass is 378 g/mol. The number of rotatable bonds is 6. The molecule has 0 saturated heterocycles. The summed E-state index contributed by atoms with van der Waals surface area (Å²) in [6, 6.07) is 4.68. The van der Waals surface area contributed by atoms with Gasteiger partial charge in [0.15, 0.2) is 0 Å². The Morgan fingerprint density at radius 2 is 1.96 bits per heavy atom. The topological polar surface area (TPSA) is 84.9 Å². The van der Waals surface area contributed by atoms with Crippen LogP contribution < -0.4 is 14.4 Å². The summed E-state index contributed by atoms with van der Waals surface area (Å²) in [4.78, 5) is 11.7. The summed E-state index contributed by atoms with van der Waals surface area (Å²) < 4.78 is 35.6. The number of nitrogens with one attached hydrogen (secondary N) is 1. The molecule has 0 aliphatic rings. The standard InChI is InChI=1S/C15H23ClN2O5S/c1-15(2,3)23-14(19)17-8-9-18(24(5,20)21)12-10-11(16)6-7-13(12)22-4/h6-7,10H,8-9H2,1-5H3,(H,17,19). The molecular formula is C15H23ClN2O5S. The van der Waals surface area contributed by atoms with Gasteiger partial charge in [-0.3, -0.25) is 4.31 Å². The lowest BCUT2D eigenvalue weighted by molar-refractivity contribution is 0.0529. The van der Waals surface area contributed by atoms with E-state index >= 15 is 0 Å². The molecular weight excluding hydrogens is 356 g/mol. The van der Waals surface area contributed by atoms with E-state index in [1.165, 1.54) is 13.2 Å². The Hall–Kier alpha value is -1.67. The minimum Gasteiger partial charge on any atom is -0.495 e. The molecule has 1 N–H and O–H groups in total. The average Bonchev–Trinajstić information content (AvgIpc) is 2.40. The summed E-state index contributed by atoms with van der Waals surface area (Å²) in [5, 5.41) is 2.90. The number of nitrogens with zero attached hydrogens (tertiary/aromatic N) is 1. The first kappa shape index (κ1) is 20.4. The SMILES string of the molecule is COc1ccc(Cl)cc1N(CCNC(=O)OC(C)(C)C)S(C)(=O)=O. The van der Waals surface area contributed by atoms with Crippen LogP contribution in [0.4, 0.5) is 10.5 Å². The predicted molar refractivity (Wildman–Crippen MR) is 94.4 cm³/mol. The molecule has 0 unspecified atom stereocenters. The van der Waals surface area contributed by atoms with E-state index in [-0.39, 0.29) is 13.1 Å². The first-order valence-corrected chi connectivity index (χ1v) is 9.45. The van der Waals surface area contributed by atoms with Crippen molar-refractivity contribution in [3.05, 3.63) is 23.2 Å². The number of methoxy groups -OCH3 is 1. The van der Waals surface area contributed by atoms with Crippen molar-refractivity contribution in [1.29, 1.82) is 0 Å². The Morgan fingerprint density at radius 3 is 2.46 bits per heavy atom. The first-order chi connectivity index (χ1) is 10.9. The van der Waals surface area contributed by atoms with Crippen molar-refractivity contribution >= 4 is 33.4 Å². The molecule has 0 heterocycles. The number of benzene rings is 1. The Bertz CT molecular complexity index is 686. The van der Waals surface area contributed by atoms with Gasteiger partial charge >= 0.3 is 6.09 Å². The smallest absolute Gasteiger partial charge is 0.407 e. The number of ether oxygens (including phenoxy) is 2. The number of anilines is 1. The van der Waals surface area contributed by atoms with E-state index in [4.69, 9.17) is 21.1 Å². The maximum absolute atomic E-state index is 12.1. The minimum absolute atomic E-state index is 0.00871. The number of hydrogen-bond acceptors (Lipinski definition) is 5. The molecule has 0 atom stereocenters. The van der Waals surface area contributed by atoms with Crippen molar-refractivity contribution in [3.63, 3.8) is 0 Å². The first-order valence-electron chi connectivity index (χ1n) is 7.22. The molecule has 1 amide bonds. The average molecular weight is 379 g/mol. The van der Waals surface area contributed by atoms with Crippen LogP contribution in [0, 0.1) is 0 Å². The summed E-state index contributed by atoms with van der Waals surface area (Å²) in [6.07, 6.45) is 0.454. The molecule has 7 nitrogen and oxygen atoms in total. The van der Waals surface area contributed by atoms with Gasteiger partial charge < -0.3 is 14.8 Å². The van der Waals surface area contributed by atoms with Crippen molar-refractivity contribution in [2.75, 3.05) is 30.8 Å². The molecule has 0 fully saturated rings. The van der Waals surface area contributed by atoms with Gasteiger partial charge in [-0.15, -0.1) is 0 Å². The third-order valence-corrected chi connectivity index (χ3v) is 4.21. The second kappa shape index (κ2) is 7.94. The third kappa shape index (κ3) is 6.45. The summed E-state index contributed by atoms with van der Waals surface area (Å²) in [5.41, 5.74) is -0.324. The van der Waals surface area contributed by atoms with E-state index in [1.807, 2.05) is 0 Å². The zero-order valence-corrected chi connectivity index (χ0v) is 16.0. The van der Waals surface area contributed by atoms with E-state index in [0.29, 0.717) is 16.5 Å². The molecule has 1 aromatic carbocycles. The normalized spacial score (nSPS) is 11.8. The molecule has 9 heteroatoms. The Morgan fingerprint density at radius 1 is 1.33 bits per heavy atom. The minimum atomic E-state index is -3.60. The van der Waals surface area contributed by atoms with Crippen LogP contribution in [-0.4, -0.2) is 46.6 Å². The summed E-state index contributed by atoms with van der Waals surface area (Å²) in [6.45, 7) is 5.30. The highest BCUT2D eigenvalue weighted by atomic mass is 35.5. The number of alkyl carbamates (subject to hydrolysis) is 1. The van der Waals surface area contributed by atoms with Crippen LogP contribution in [0.15, 0.2) is 18.2 Å². The highest BCUT2D eigenvalue weighted by Crippen LogP contribution is 2.32. The van der Waals surface area contributed by atoms with Crippen LogP contribution in [-0.2, 0) is 14.8 Å². The summed E-state index contributed by atoms with van der Waals surface area (Å²) in [7, 11) is -2.16. The predicted octanol–water partition coefficient (Wildman–Crippen LogP) is 2.64. The van der Waals surface area contributed by atoms with Gasteiger partial charge in [-0.25, -0.2) is 13.2 Å². The van der Waals surface area contributed by atoms with Crippen molar-refractivity contribution in [1.82, 2.24) is 5.32 Å². The molecule has 0 radical (unpaired) electrons. The lowest BCUT2D eigenvalue weighted by Crippen LogP contribution is -2.40. The highest BCUT2D eigenvalue weighted by Gasteiger charge is 2.22. The quantitative estimate of drug-likeness (QED) is 0.822. The maximum Gasteiger partial charge on any atom is 0.407 e. The van der Waals surface area contributed by atoms with Crippen molar-refractivity contribution in [3.8, 4) is 5.75 Å². The highest BCUT2D eigenvalue weighted by molar-refractivity contribution is 7.92. The van der Waals surface area contributed by atoms with Gasteiger partial charge in [0.2, 0.25) is 10.0 Å². The number of carbonyl (C=O) groups excluding carboxylic acids is 1. The van der Waals surface area contributed by atoms with Gasteiger partial charge in [-0.1, -0.05) is 11.6 Å². The Balaban J connectivity index is 2.90. The number of hydrogen-bond donors (Lipinski definition) is 1. The van der Waals surface area contributed by atoms with Gasteiger partial charge in [-0.2, -0.15) is 0 Å². The van der Waals surface area contributed by atoms with Crippen LogP contribution in [0.25, 0.3) is 0 Å². The molecule has 0 bridgehead atoms. The number of halogens is 1. The third-order valence-electron chi connectivity index (χ3n) is 2.79. The van der Waals surface area contributed by atoms with Gasteiger partial charge in [0.1, 0.15) is 11.4 Å². The molecule has 0 aliphatic heterocycles. The zero-order valence-electron chi connectivity index (χ0n) is 14.4. The van der Waals surface area contributed by atoms with Crippen LogP contribution in [0.5, 0.6) is 5.75 Å². The van der Waals surface area contributed by atoms with E-state index < -0.39 is 21.7 Å². The van der Waals surface area contributed by atoms with Gasteiger partial charge in [0.05, 0.1) is 25.6 Å². The maximum atomic E-state index is 12.1. The Kier molecular flexibility index (Phi) is 6.74. The number of carbonyl (C=O) groups is 1. The van der Waals surface area contributed by atoms with Crippen molar-refractivity contribution in [2.24, 2.45) is 0 Å². The van der Waals surface area contributed by atoms with E-state index in [2.05, 4.69) is 5.32 Å². The van der Waals surface area contributed by atoms with Gasteiger partial charge in [0.25, 0.3) is 0 Å². The zero-order chi connectivity index (χ0) is 18.5. The van der Waals surface area contributed by atoms with Gasteiger partial charge in [0, 0.05) is 11.6 Å². The van der Waals surface area contributed by atoms with Crippen LogP contribution in [0.1, 0.15) is 20.8 Å². The van der Waals surface area contributed by atoms with E-state index in [0.717, 1.165) is 10.6 Å². The van der Waals surface area contributed by atoms with E-state index in [1.54, 1.807) is 32.9 Å². The second-order valence-corrected chi connectivity index (χ2v) is 8.42. The summed E-state index contributed by atoms with van der Waals surface area (Å²) in [5.74, 6) is 0.363. The number of sulfonamides is 1. The van der Waals surface area contributed by atoms with Crippen LogP contribution in [0.3, 0.4) is 0 Å². The molecule has 0 aliphatic carbocycles.